The fourth-order valence-electron chi connectivity index (χ4n) is 3.34. The maximum Gasteiger partial charge on any atom is 0.247 e. The van der Waals surface area contributed by atoms with Crippen LogP contribution in [0.3, 0.4) is 0 Å². The summed E-state index contributed by atoms with van der Waals surface area (Å²) in [4.78, 5) is 25.0. The lowest BCUT2D eigenvalue weighted by atomic mass is 10.1. The maximum absolute atomic E-state index is 12.6. The Labute approximate surface area is 169 Å². The Hall–Kier alpha value is -2.85. The van der Waals surface area contributed by atoms with E-state index >= 15 is 0 Å². The first kappa shape index (κ1) is 19.9. The molecule has 146 valence electrons. The first-order chi connectivity index (χ1) is 13.5. The lowest BCUT2D eigenvalue weighted by Gasteiger charge is -2.15. The van der Waals surface area contributed by atoms with Gasteiger partial charge in [0.25, 0.3) is 0 Å². The highest BCUT2D eigenvalue weighted by Gasteiger charge is 2.22. The number of thiophene rings is 1. The number of nitrogens with zero attached hydrogens (tertiary/aromatic N) is 1. The van der Waals surface area contributed by atoms with Crippen molar-refractivity contribution in [2.75, 3.05) is 16.0 Å². The van der Waals surface area contributed by atoms with E-state index in [1.165, 1.54) is 29.6 Å². The topological polar surface area (TPSA) is 94.0 Å². The second kappa shape index (κ2) is 8.89. The fraction of sp³-hybridized carbons (Fsp3) is 0.381. The van der Waals surface area contributed by atoms with Crippen LogP contribution in [0.25, 0.3) is 0 Å². The first-order valence-electron chi connectivity index (χ1n) is 9.47. The largest absolute Gasteiger partial charge is 0.374 e. The molecule has 2 aromatic rings. The van der Waals surface area contributed by atoms with Crippen LogP contribution in [0, 0.1) is 11.3 Å². The summed E-state index contributed by atoms with van der Waals surface area (Å²) in [6.07, 6.45) is 5.32. The number of nitrogens with one attached hydrogen (secondary N) is 3. The molecule has 0 unspecified atom stereocenters. The molecule has 0 fully saturated rings. The van der Waals surface area contributed by atoms with Gasteiger partial charge in [0.2, 0.25) is 11.8 Å². The Morgan fingerprint density at radius 1 is 1.07 bits per heavy atom. The van der Waals surface area contributed by atoms with Crippen LogP contribution in [0.5, 0.6) is 0 Å². The monoisotopic (exact) mass is 396 g/mol. The Morgan fingerprint density at radius 3 is 2.43 bits per heavy atom. The molecule has 3 N–H and O–H groups in total. The highest BCUT2D eigenvalue weighted by Crippen LogP contribution is 2.37. The van der Waals surface area contributed by atoms with Crippen molar-refractivity contribution in [3.8, 4) is 6.07 Å². The standard InChI is InChI=1S/C21H24N4O2S/c1-13(23-15-8-10-16(11-9-15)24-14(2)26)20(27)25-21-18(12-22)17-6-4-3-5-7-19(17)28-21/h8-11,13,23H,3-7H2,1-2H3,(H,24,26)(H,25,27)/t13-/m0/s1. The number of benzene rings is 1. The van der Waals surface area contributed by atoms with E-state index in [2.05, 4.69) is 22.0 Å². The zero-order valence-electron chi connectivity index (χ0n) is 16.1. The Kier molecular flexibility index (Phi) is 6.32. The molecule has 1 atom stereocenters. The Bertz CT molecular complexity index is 912. The minimum absolute atomic E-state index is 0.129. The van der Waals surface area contributed by atoms with Crippen molar-refractivity contribution >= 4 is 39.5 Å². The maximum atomic E-state index is 12.6. The summed E-state index contributed by atoms with van der Waals surface area (Å²) in [5.74, 6) is -0.310. The van der Waals surface area contributed by atoms with Crippen molar-refractivity contribution in [3.05, 3.63) is 40.3 Å². The quantitative estimate of drug-likeness (QED) is 0.657. The summed E-state index contributed by atoms with van der Waals surface area (Å²) in [5, 5.41) is 19.0. The molecule has 2 amide bonds. The van der Waals surface area contributed by atoms with E-state index in [0.29, 0.717) is 16.3 Å². The molecule has 0 radical (unpaired) electrons. The smallest absolute Gasteiger partial charge is 0.247 e. The van der Waals surface area contributed by atoms with Gasteiger partial charge >= 0.3 is 0 Å². The van der Waals surface area contributed by atoms with Crippen LogP contribution in [0.1, 0.15) is 49.1 Å². The third kappa shape index (κ3) is 4.70. The first-order valence-corrected chi connectivity index (χ1v) is 10.3. The number of anilines is 3. The van der Waals surface area contributed by atoms with Crippen LogP contribution >= 0.6 is 11.3 Å². The van der Waals surface area contributed by atoms with Crippen molar-refractivity contribution in [1.82, 2.24) is 0 Å². The summed E-state index contributed by atoms with van der Waals surface area (Å²) in [6, 6.07) is 8.99. The van der Waals surface area contributed by atoms with E-state index in [0.717, 1.165) is 36.9 Å². The van der Waals surface area contributed by atoms with Gasteiger partial charge in [-0.3, -0.25) is 9.59 Å². The molecule has 7 heteroatoms. The average molecular weight is 397 g/mol. The van der Waals surface area contributed by atoms with E-state index in [1.807, 2.05) is 12.1 Å². The van der Waals surface area contributed by atoms with Crippen molar-refractivity contribution in [2.45, 2.75) is 52.0 Å². The van der Waals surface area contributed by atoms with Crippen molar-refractivity contribution in [1.29, 1.82) is 5.26 Å². The van der Waals surface area contributed by atoms with Crippen LogP contribution in [0.2, 0.25) is 0 Å². The van der Waals surface area contributed by atoms with Crippen LogP contribution in [-0.2, 0) is 22.4 Å². The summed E-state index contributed by atoms with van der Waals surface area (Å²) in [7, 11) is 0. The van der Waals surface area contributed by atoms with Gasteiger partial charge in [-0.05, 0) is 62.4 Å². The molecule has 0 saturated heterocycles. The van der Waals surface area contributed by atoms with Crippen molar-refractivity contribution < 1.29 is 9.59 Å². The number of nitriles is 1. The van der Waals surface area contributed by atoms with E-state index < -0.39 is 6.04 Å². The molecule has 28 heavy (non-hydrogen) atoms. The van der Waals surface area contributed by atoms with Gasteiger partial charge in [-0.25, -0.2) is 0 Å². The molecule has 0 aliphatic heterocycles. The number of carbonyl (C=O) groups excluding carboxylic acids is 2. The molecule has 0 saturated carbocycles. The molecule has 0 spiro atoms. The molecule has 1 heterocycles. The normalized spacial score (nSPS) is 14.2. The van der Waals surface area contributed by atoms with Gasteiger partial charge in [0.1, 0.15) is 17.1 Å². The number of carbonyl (C=O) groups is 2. The zero-order valence-corrected chi connectivity index (χ0v) is 16.9. The second-order valence-corrected chi connectivity index (χ2v) is 8.10. The number of rotatable bonds is 5. The third-order valence-corrected chi connectivity index (χ3v) is 5.96. The predicted octanol–water partition coefficient (Wildman–Crippen LogP) is 4.29. The number of hydrogen-bond acceptors (Lipinski definition) is 5. The predicted molar refractivity (Wildman–Crippen MR) is 113 cm³/mol. The van der Waals surface area contributed by atoms with Crippen LogP contribution < -0.4 is 16.0 Å². The van der Waals surface area contributed by atoms with E-state index in [4.69, 9.17) is 0 Å². The summed E-state index contributed by atoms with van der Waals surface area (Å²) in [6.45, 7) is 3.24. The van der Waals surface area contributed by atoms with Crippen LogP contribution in [0.15, 0.2) is 24.3 Å². The molecule has 0 bridgehead atoms. The summed E-state index contributed by atoms with van der Waals surface area (Å²) < 4.78 is 0. The molecule has 1 aliphatic carbocycles. The Balaban J connectivity index is 1.66. The molecule has 6 nitrogen and oxygen atoms in total. The number of aryl methyl sites for hydroxylation is 1. The lowest BCUT2D eigenvalue weighted by molar-refractivity contribution is -0.116. The number of fused-ring (bicyclic) bond motifs is 1. The minimum atomic E-state index is -0.472. The van der Waals surface area contributed by atoms with Gasteiger partial charge in [0, 0.05) is 23.2 Å². The van der Waals surface area contributed by atoms with Crippen molar-refractivity contribution in [2.24, 2.45) is 0 Å². The average Bonchev–Trinajstić information content (AvgIpc) is 2.82. The SMILES string of the molecule is CC(=O)Nc1ccc(N[C@@H](C)C(=O)Nc2sc3c(c2C#N)CCCCC3)cc1. The molecular formula is C21H24N4O2S. The number of hydrogen-bond donors (Lipinski definition) is 3. The van der Waals surface area contributed by atoms with Crippen LogP contribution in [-0.4, -0.2) is 17.9 Å². The molecular weight excluding hydrogens is 372 g/mol. The summed E-state index contributed by atoms with van der Waals surface area (Å²) >= 11 is 1.54. The van der Waals surface area contributed by atoms with Gasteiger partial charge in [0.05, 0.1) is 5.56 Å². The third-order valence-electron chi connectivity index (χ3n) is 4.75. The van der Waals surface area contributed by atoms with Gasteiger partial charge in [-0.2, -0.15) is 5.26 Å². The second-order valence-electron chi connectivity index (χ2n) is 6.99. The highest BCUT2D eigenvalue weighted by atomic mass is 32.1. The molecule has 1 aliphatic rings. The number of amides is 2. The molecule has 1 aromatic carbocycles. The lowest BCUT2D eigenvalue weighted by Crippen LogP contribution is -2.31. The van der Waals surface area contributed by atoms with Crippen molar-refractivity contribution in [3.63, 3.8) is 0 Å². The minimum Gasteiger partial charge on any atom is -0.374 e. The zero-order chi connectivity index (χ0) is 20.1. The highest BCUT2D eigenvalue weighted by molar-refractivity contribution is 7.16. The van der Waals surface area contributed by atoms with Gasteiger partial charge in [0.15, 0.2) is 0 Å². The molecule has 3 rings (SSSR count). The fourth-order valence-corrected chi connectivity index (χ4v) is 4.58. The van der Waals surface area contributed by atoms with E-state index in [-0.39, 0.29) is 11.8 Å². The summed E-state index contributed by atoms with van der Waals surface area (Å²) in [5.41, 5.74) is 3.23. The molecule has 1 aromatic heterocycles. The van der Waals surface area contributed by atoms with Crippen LogP contribution in [0.4, 0.5) is 16.4 Å². The van der Waals surface area contributed by atoms with E-state index in [9.17, 15) is 14.9 Å². The Morgan fingerprint density at radius 2 is 1.75 bits per heavy atom. The van der Waals surface area contributed by atoms with Gasteiger partial charge in [-0.15, -0.1) is 11.3 Å². The van der Waals surface area contributed by atoms with Gasteiger partial charge < -0.3 is 16.0 Å². The van der Waals surface area contributed by atoms with E-state index in [1.54, 1.807) is 19.1 Å². The van der Waals surface area contributed by atoms with Gasteiger partial charge in [-0.1, -0.05) is 6.42 Å².